The molecule has 1 saturated carbocycles. The maximum atomic E-state index is 10.4. The first-order chi connectivity index (χ1) is 5.29. The van der Waals surface area contributed by atoms with Crippen LogP contribution in [0, 0.1) is 23.7 Å². The number of rotatable bonds is 4. The van der Waals surface area contributed by atoms with E-state index in [9.17, 15) is 4.79 Å². The lowest BCUT2D eigenvalue weighted by Gasteiger charge is -2.05. The number of aldehydes is 1. The average molecular weight is 150 g/mol. The van der Waals surface area contributed by atoms with Crippen molar-refractivity contribution in [1.82, 2.24) is 0 Å². The molecular formula is C10H14O. The number of unbranched alkanes of at least 4 members (excludes halogenated alkanes) is 1. The summed E-state index contributed by atoms with van der Waals surface area (Å²) >= 11 is 0. The molecule has 60 valence electrons. The van der Waals surface area contributed by atoms with Gasteiger partial charge in [0, 0.05) is 11.3 Å². The van der Waals surface area contributed by atoms with Gasteiger partial charge in [0.25, 0.3) is 0 Å². The third kappa shape index (κ3) is 1.45. The van der Waals surface area contributed by atoms with Crippen LogP contribution in [0.15, 0.2) is 0 Å². The molecule has 0 aliphatic heterocycles. The lowest BCUT2D eigenvalue weighted by molar-refractivity contribution is -0.109. The van der Waals surface area contributed by atoms with Crippen molar-refractivity contribution < 1.29 is 4.79 Å². The van der Waals surface area contributed by atoms with E-state index in [-0.39, 0.29) is 11.3 Å². The molecule has 0 aromatic heterocycles. The van der Waals surface area contributed by atoms with E-state index in [0.717, 1.165) is 32.0 Å². The van der Waals surface area contributed by atoms with Gasteiger partial charge < -0.3 is 4.79 Å². The topological polar surface area (TPSA) is 17.1 Å². The Morgan fingerprint density at radius 2 is 2.55 bits per heavy atom. The summed E-state index contributed by atoms with van der Waals surface area (Å²) in [5, 5.41) is 0. The summed E-state index contributed by atoms with van der Waals surface area (Å²) in [5.41, 5.74) is -0.0300. The van der Waals surface area contributed by atoms with Crippen LogP contribution in [-0.4, -0.2) is 6.29 Å². The molecule has 2 atom stereocenters. The number of carbonyl (C=O) groups excluding carboxylic acids is 1. The van der Waals surface area contributed by atoms with E-state index >= 15 is 0 Å². The van der Waals surface area contributed by atoms with Gasteiger partial charge in [0.15, 0.2) is 0 Å². The summed E-state index contributed by atoms with van der Waals surface area (Å²) in [6, 6.07) is 0. The largest absolute Gasteiger partial charge is 0.303 e. The molecule has 0 aromatic rings. The third-order valence-corrected chi connectivity index (χ3v) is 2.56. The molecule has 0 radical (unpaired) electrons. The SMILES string of the molecule is C#C[C@@]1(CCCC)C[C@H]1C=O. The second-order valence-corrected chi connectivity index (χ2v) is 3.35. The molecule has 1 heteroatoms. The van der Waals surface area contributed by atoms with Crippen molar-refractivity contribution in [1.29, 1.82) is 0 Å². The molecule has 0 unspecified atom stereocenters. The molecule has 1 nitrogen and oxygen atoms in total. The second kappa shape index (κ2) is 3.09. The van der Waals surface area contributed by atoms with Crippen molar-refractivity contribution in [2.75, 3.05) is 0 Å². The summed E-state index contributed by atoms with van der Waals surface area (Å²) in [6.45, 7) is 2.14. The molecule has 0 N–H and O–H groups in total. The number of hydrogen-bond donors (Lipinski definition) is 0. The monoisotopic (exact) mass is 150 g/mol. The Bertz CT molecular complexity index is 190. The summed E-state index contributed by atoms with van der Waals surface area (Å²) in [4.78, 5) is 10.4. The number of terminal acetylenes is 1. The van der Waals surface area contributed by atoms with Gasteiger partial charge in [0.2, 0.25) is 0 Å². The van der Waals surface area contributed by atoms with Crippen LogP contribution in [0.25, 0.3) is 0 Å². The fourth-order valence-electron chi connectivity index (χ4n) is 1.53. The highest BCUT2D eigenvalue weighted by molar-refractivity contribution is 5.62. The normalized spacial score (nSPS) is 34.4. The molecule has 0 bridgehead atoms. The quantitative estimate of drug-likeness (QED) is 0.442. The van der Waals surface area contributed by atoms with Crippen molar-refractivity contribution in [3.8, 4) is 12.3 Å². The van der Waals surface area contributed by atoms with E-state index in [1.165, 1.54) is 0 Å². The molecule has 0 heterocycles. The lowest BCUT2D eigenvalue weighted by atomic mass is 9.98. The highest BCUT2D eigenvalue weighted by Crippen LogP contribution is 2.54. The third-order valence-electron chi connectivity index (χ3n) is 2.56. The zero-order valence-corrected chi connectivity index (χ0v) is 6.97. The van der Waals surface area contributed by atoms with E-state index in [1.807, 2.05) is 0 Å². The van der Waals surface area contributed by atoms with E-state index in [4.69, 9.17) is 6.42 Å². The molecule has 0 spiro atoms. The second-order valence-electron chi connectivity index (χ2n) is 3.35. The van der Waals surface area contributed by atoms with Crippen LogP contribution in [0.4, 0.5) is 0 Å². The van der Waals surface area contributed by atoms with Gasteiger partial charge in [0.1, 0.15) is 6.29 Å². The van der Waals surface area contributed by atoms with Crippen molar-refractivity contribution >= 4 is 6.29 Å². The molecule has 0 aromatic carbocycles. The molecular weight excluding hydrogens is 136 g/mol. The van der Waals surface area contributed by atoms with Crippen LogP contribution in [0.3, 0.4) is 0 Å². The van der Waals surface area contributed by atoms with Gasteiger partial charge in [-0.15, -0.1) is 6.42 Å². The first-order valence-electron chi connectivity index (χ1n) is 4.22. The van der Waals surface area contributed by atoms with E-state index in [2.05, 4.69) is 12.8 Å². The van der Waals surface area contributed by atoms with Gasteiger partial charge in [0.05, 0.1) is 0 Å². The number of hydrogen-bond acceptors (Lipinski definition) is 1. The summed E-state index contributed by atoms with van der Waals surface area (Å²) < 4.78 is 0. The minimum absolute atomic E-state index is 0.0300. The highest BCUT2D eigenvalue weighted by Gasteiger charge is 2.51. The maximum Gasteiger partial charge on any atom is 0.124 e. The zero-order chi connectivity index (χ0) is 8.32. The molecule has 0 saturated heterocycles. The van der Waals surface area contributed by atoms with E-state index < -0.39 is 0 Å². The highest BCUT2D eigenvalue weighted by atomic mass is 16.1. The molecule has 1 fully saturated rings. The van der Waals surface area contributed by atoms with Crippen molar-refractivity contribution in [2.45, 2.75) is 32.6 Å². The summed E-state index contributed by atoms with van der Waals surface area (Å²) in [5.74, 6) is 2.92. The summed E-state index contributed by atoms with van der Waals surface area (Å²) in [7, 11) is 0. The van der Waals surface area contributed by atoms with Crippen LogP contribution in [0.1, 0.15) is 32.6 Å². The van der Waals surface area contributed by atoms with Gasteiger partial charge in [-0.3, -0.25) is 0 Å². The predicted octanol–water partition coefficient (Wildman–Crippen LogP) is 2.01. The van der Waals surface area contributed by atoms with Crippen LogP contribution in [0.5, 0.6) is 0 Å². The van der Waals surface area contributed by atoms with Crippen LogP contribution >= 0.6 is 0 Å². The Kier molecular flexibility index (Phi) is 2.34. The molecule has 11 heavy (non-hydrogen) atoms. The minimum Gasteiger partial charge on any atom is -0.303 e. The minimum atomic E-state index is -0.0300. The molecule has 1 aliphatic rings. The standard InChI is InChI=1S/C10H14O/c1-3-5-6-10(4-2)7-9(10)8-11/h2,8-9H,3,5-7H2,1H3/t9-,10+/m0/s1. The Morgan fingerprint density at radius 1 is 1.82 bits per heavy atom. The van der Waals surface area contributed by atoms with E-state index in [0.29, 0.717) is 0 Å². The van der Waals surface area contributed by atoms with Crippen LogP contribution in [0.2, 0.25) is 0 Å². The lowest BCUT2D eigenvalue weighted by Crippen LogP contribution is -2.00. The van der Waals surface area contributed by atoms with Gasteiger partial charge in [-0.25, -0.2) is 0 Å². The molecule has 0 amide bonds. The van der Waals surface area contributed by atoms with Gasteiger partial charge in [-0.05, 0) is 12.8 Å². The maximum absolute atomic E-state index is 10.4. The van der Waals surface area contributed by atoms with Crippen molar-refractivity contribution in [3.63, 3.8) is 0 Å². The summed E-state index contributed by atoms with van der Waals surface area (Å²) in [6.07, 6.45) is 10.6. The fourth-order valence-corrected chi connectivity index (χ4v) is 1.53. The van der Waals surface area contributed by atoms with Gasteiger partial charge in [-0.1, -0.05) is 25.7 Å². The fraction of sp³-hybridized carbons (Fsp3) is 0.700. The Hall–Kier alpha value is -0.770. The first kappa shape index (κ1) is 8.33. The molecule has 1 rings (SSSR count). The number of carbonyl (C=O) groups is 1. The zero-order valence-electron chi connectivity index (χ0n) is 6.97. The van der Waals surface area contributed by atoms with Crippen LogP contribution in [-0.2, 0) is 4.79 Å². The van der Waals surface area contributed by atoms with Gasteiger partial charge in [-0.2, -0.15) is 0 Å². The average Bonchev–Trinajstić information content (AvgIpc) is 2.76. The Balaban J connectivity index is 2.41. The predicted molar refractivity (Wildman–Crippen MR) is 45.0 cm³/mol. The van der Waals surface area contributed by atoms with E-state index in [1.54, 1.807) is 0 Å². The van der Waals surface area contributed by atoms with Gasteiger partial charge >= 0.3 is 0 Å². The van der Waals surface area contributed by atoms with Crippen molar-refractivity contribution in [3.05, 3.63) is 0 Å². The smallest absolute Gasteiger partial charge is 0.124 e. The van der Waals surface area contributed by atoms with Crippen LogP contribution < -0.4 is 0 Å². The van der Waals surface area contributed by atoms with Crippen molar-refractivity contribution in [2.24, 2.45) is 11.3 Å². The first-order valence-corrected chi connectivity index (χ1v) is 4.22. The Labute approximate surface area is 68.2 Å². The molecule has 1 aliphatic carbocycles. The Morgan fingerprint density at radius 3 is 2.91 bits per heavy atom.